The maximum absolute atomic E-state index is 11.6. The summed E-state index contributed by atoms with van der Waals surface area (Å²) in [6, 6.07) is 9.06. The maximum Gasteiger partial charge on any atom is 0.123 e. The average molecular weight is 641 g/mol. The highest BCUT2D eigenvalue weighted by Crippen LogP contribution is 2.45. The topological polar surface area (TPSA) is 40.5 Å². The van der Waals surface area contributed by atoms with Crippen LogP contribution in [0.3, 0.4) is 0 Å². The van der Waals surface area contributed by atoms with Gasteiger partial charge in [0.05, 0.1) is 0 Å². The summed E-state index contributed by atoms with van der Waals surface area (Å²) in [5.41, 5.74) is 6.89. The summed E-state index contributed by atoms with van der Waals surface area (Å²) in [4.78, 5) is 0. The van der Waals surface area contributed by atoms with Crippen LogP contribution < -0.4 is 0 Å². The lowest BCUT2D eigenvalue weighted by Crippen LogP contribution is -2.23. The number of aromatic hydroxyl groups is 2. The fourth-order valence-corrected chi connectivity index (χ4v) is 9.15. The minimum absolute atomic E-state index is 0.0269. The van der Waals surface area contributed by atoms with Gasteiger partial charge in [0.25, 0.3) is 0 Å². The molecule has 44 heavy (non-hydrogen) atoms. The molecule has 0 heterocycles. The Balaban J connectivity index is 1.92. The SMILES string of the molecule is CCC(C)(C)c1cc(C(C)(C)C)cc(CSC2CCCCCC[C@@H]2SCc2cc(C(C)(C)C)cc(C(C)(C)CC)c2O)c1O. The van der Waals surface area contributed by atoms with Gasteiger partial charge in [0.1, 0.15) is 11.5 Å². The first-order valence-electron chi connectivity index (χ1n) is 17.3. The van der Waals surface area contributed by atoms with Crippen molar-refractivity contribution in [2.75, 3.05) is 0 Å². The molecule has 0 aromatic heterocycles. The van der Waals surface area contributed by atoms with Gasteiger partial charge in [-0.1, -0.05) is 133 Å². The molecule has 2 aromatic rings. The molecule has 3 rings (SSSR count). The van der Waals surface area contributed by atoms with Gasteiger partial charge in [0, 0.05) is 44.3 Å². The number of benzene rings is 2. The molecule has 2 atom stereocenters. The molecule has 0 bridgehead atoms. The third-order valence-corrected chi connectivity index (χ3v) is 13.5. The van der Waals surface area contributed by atoms with Crippen LogP contribution in [0.1, 0.15) is 168 Å². The Bertz CT molecular complexity index is 1150. The van der Waals surface area contributed by atoms with E-state index in [4.69, 9.17) is 0 Å². The van der Waals surface area contributed by atoms with Gasteiger partial charge in [-0.3, -0.25) is 0 Å². The van der Waals surface area contributed by atoms with Crippen LogP contribution in [0.5, 0.6) is 11.5 Å². The van der Waals surface area contributed by atoms with Crippen molar-refractivity contribution in [1.82, 2.24) is 0 Å². The molecular formula is C40H64O2S2. The first-order chi connectivity index (χ1) is 20.3. The Kier molecular flexibility index (Phi) is 12.4. The number of hydrogen-bond donors (Lipinski definition) is 2. The van der Waals surface area contributed by atoms with Crippen molar-refractivity contribution in [3.05, 3.63) is 57.6 Å². The Morgan fingerprint density at radius 2 is 0.909 bits per heavy atom. The van der Waals surface area contributed by atoms with Gasteiger partial charge in [-0.25, -0.2) is 0 Å². The Labute approximate surface area is 280 Å². The van der Waals surface area contributed by atoms with E-state index in [0.29, 0.717) is 22.0 Å². The molecule has 0 amide bonds. The predicted octanol–water partition coefficient (Wildman–Crippen LogP) is 12.3. The van der Waals surface area contributed by atoms with Gasteiger partial charge in [-0.15, -0.1) is 0 Å². The summed E-state index contributed by atoms with van der Waals surface area (Å²) in [6.45, 7) is 27.1. The minimum atomic E-state index is -0.0713. The van der Waals surface area contributed by atoms with Crippen molar-refractivity contribution >= 4 is 23.5 Å². The average Bonchev–Trinajstić information content (AvgIpc) is 2.92. The van der Waals surface area contributed by atoms with Crippen LogP contribution in [-0.4, -0.2) is 20.7 Å². The van der Waals surface area contributed by atoms with E-state index in [0.717, 1.165) is 46.6 Å². The fraction of sp³-hybridized carbons (Fsp3) is 0.700. The van der Waals surface area contributed by atoms with Crippen molar-refractivity contribution in [3.63, 3.8) is 0 Å². The number of phenols is 2. The highest BCUT2D eigenvalue weighted by Gasteiger charge is 2.31. The summed E-state index contributed by atoms with van der Waals surface area (Å²) in [5.74, 6) is 2.68. The van der Waals surface area contributed by atoms with Crippen molar-refractivity contribution in [2.24, 2.45) is 0 Å². The van der Waals surface area contributed by atoms with Gasteiger partial charge in [-0.2, -0.15) is 23.5 Å². The van der Waals surface area contributed by atoms with Crippen LogP contribution in [0.4, 0.5) is 0 Å². The zero-order valence-electron chi connectivity index (χ0n) is 30.2. The highest BCUT2D eigenvalue weighted by atomic mass is 32.2. The molecule has 0 spiro atoms. The van der Waals surface area contributed by atoms with Gasteiger partial charge < -0.3 is 10.2 Å². The quantitative estimate of drug-likeness (QED) is 0.271. The third-order valence-electron chi connectivity index (χ3n) is 10.4. The lowest BCUT2D eigenvalue weighted by Gasteiger charge is -2.32. The fourth-order valence-electron chi connectivity index (χ4n) is 6.08. The molecule has 1 saturated carbocycles. The second-order valence-corrected chi connectivity index (χ2v) is 19.2. The van der Waals surface area contributed by atoms with Crippen molar-refractivity contribution in [1.29, 1.82) is 0 Å². The van der Waals surface area contributed by atoms with Crippen LogP contribution in [0.25, 0.3) is 0 Å². The van der Waals surface area contributed by atoms with E-state index in [9.17, 15) is 10.2 Å². The monoisotopic (exact) mass is 640 g/mol. The van der Waals surface area contributed by atoms with Crippen molar-refractivity contribution < 1.29 is 10.2 Å². The third kappa shape index (κ3) is 9.18. The zero-order chi connectivity index (χ0) is 33.1. The van der Waals surface area contributed by atoms with E-state index in [2.05, 4.69) is 131 Å². The van der Waals surface area contributed by atoms with Crippen LogP contribution in [0.2, 0.25) is 0 Å². The molecule has 1 unspecified atom stereocenters. The van der Waals surface area contributed by atoms with E-state index in [1.807, 2.05) is 0 Å². The largest absolute Gasteiger partial charge is 0.507 e. The van der Waals surface area contributed by atoms with Gasteiger partial charge >= 0.3 is 0 Å². The van der Waals surface area contributed by atoms with Crippen LogP contribution in [0.15, 0.2) is 24.3 Å². The number of phenolic OH excluding ortho intramolecular Hbond substituents is 2. The second-order valence-electron chi connectivity index (χ2n) is 16.7. The summed E-state index contributed by atoms with van der Waals surface area (Å²) < 4.78 is 0. The molecule has 2 aromatic carbocycles. The zero-order valence-corrected chi connectivity index (χ0v) is 31.9. The van der Waals surface area contributed by atoms with Gasteiger partial charge in [-0.05, 0) is 58.5 Å². The van der Waals surface area contributed by atoms with E-state index >= 15 is 0 Å². The molecule has 2 N–H and O–H groups in total. The molecule has 0 radical (unpaired) electrons. The Morgan fingerprint density at radius 3 is 1.20 bits per heavy atom. The highest BCUT2D eigenvalue weighted by molar-refractivity contribution is 8.03. The second kappa shape index (κ2) is 14.7. The van der Waals surface area contributed by atoms with Gasteiger partial charge in [0.2, 0.25) is 0 Å². The van der Waals surface area contributed by atoms with Crippen LogP contribution in [0, 0.1) is 0 Å². The van der Waals surface area contributed by atoms with E-state index < -0.39 is 0 Å². The lowest BCUT2D eigenvalue weighted by atomic mass is 9.77. The molecule has 0 saturated heterocycles. The summed E-state index contributed by atoms with van der Waals surface area (Å²) in [5, 5.41) is 24.2. The Morgan fingerprint density at radius 1 is 0.568 bits per heavy atom. The maximum atomic E-state index is 11.6. The first-order valence-corrected chi connectivity index (χ1v) is 19.4. The predicted molar refractivity (Wildman–Crippen MR) is 198 cm³/mol. The van der Waals surface area contributed by atoms with Crippen molar-refractivity contribution in [3.8, 4) is 11.5 Å². The molecule has 0 aliphatic heterocycles. The Hall–Kier alpha value is -1.26. The normalized spacial score (nSPS) is 19.1. The van der Waals surface area contributed by atoms with E-state index in [-0.39, 0.29) is 21.7 Å². The van der Waals surface area contributed by atoms with Crippen LogP contribution >= 0.6 is 23.5 Å². The number of hydrogen-bond acceptors (Lipinski definition) is 4. The number of thioether (sulfide) groups is 2. The minimum Gasteiger partial charge on any atom is -0.507 e. The molecule has 1 aliphatic rings. The molecular weight excluding hydrogens is 577 g/mol. The van der Waals surface area contributed by atoms with E-state index in [1.165, 1.54) is 49.7 Å². The molecule has 1 fully saturated rings. The summed E-state index contributed by atoms with van der Waals surface area (Å²) >= 11 is 4.11. The molecule has 248 valence electrons. The standard InChI is InChI=1S/C40H64O2S2/c1-13-39(9,10)31-23-29(37(3,4)5)21-27(35(31)41)25-43-33-19-17-15-16-18-20-34(33)44-26-28-22-30(38(6,7)8)24-32(36(28)42)40(11,12)14-2/h21-24,33-34,41-42H,13-20,25-26H2,1-12H3/t33-,34?/m0/s1. The summed E-state index contributed by atoms with van der Waals surface area (Å²) in [7, 11) is 0. The molecule has 4 heteroatoms. The number of rotatable bonds is 10. The van der Waals surface area contributed by atoms with E-state index in [1.54, 1.807) is 0 Å². The van der Waals surface area contributed by atoms with Crippen molar-refractivity contribution in [2.45, 2.75) is 178 Å². The first kappa shape index (κ1) is 37.2. The van der Waals surface area contributed by atoms with Crippen LogP contribution in [-0.2, 0) is 33.2 Å². The molecule has 1 aliphatic carbocycles. The smallest absolute Gasteiger partial charge is 0.123 e. The lowest BCUT2D eigenvalue weighted by molar-refractivity contribution is 0.422. The summed E-state index contributed by atoms with van der Waals surface area (Å²) in [6.07, 6.45) is 9.60. The molecule has 2 nitrogen and oxygen atoms in total. The van der Waals surface area contributed by atoms with Gasteiger partial charge in [0.15, 0.2) is 0 Å².